The fourth-order valence-electron chi connectivity index (χ4n) is 0.814. The minimum absolute atomic E-state index is 0. The van der Waals surface area contributed by atoms with E-state index in [2.05, 4.69) is 5.32 Å². The zero-order chi connectivity index (χ0) is 8.15. The van der Waals surface area contributed by atoms with Crippen LogP contribution in [0.5, 0.6) is 0 Å². The summed E-state index contributed by atoms with van der Waals surface area (Å²) in [5.74, 6) is -0.343. The highest BCUT2D eigenvalue weighted by molar-refractivity contribution is 5.73. The predicted molar refractivity (Wildman–Crippen MR) is 45.0 cm³/mol. The van der Waals surface area contributed by atoms with Crippen molar-refractivity contribution in [2.24, 2.45) is 5.92 Å². The molecule has 0 bridgehead atoms. The number of carboxylic acids is 1. The van der Waals surface area contributed by atoms with E-state index in [0.29, 0.717) is 12.3 Å². The molecule has 68 valence electrons. The molecule has 5 N–H and O–H groups in total. The Bertz CT molecular complexity index is 115. The molecule has 0 saturated carbocycles. The van der Waals surface area contributed by atoms with Crippen LogP contribution in [0.2, 0.25) is 0 Å². The van der Waals surface area contributed by atoms with Gasteiger partial charge in [-0.3, -0.25) is 4.79 Å². The van der Waals surface area contributed by atoms with Gasteiger partial charge in [0.25, 0.3) is 0 Å². The van der Waals surface area contributed by atoms with Gasteiger partial charge in [-0.2, -0.15) is 0 Å². The maximum absolute atomic E-state index is 10.4. The summed E-state index contributed by atoms with van der Waals surface area (Å²) in [5, 5.41) is 11.3. The molecule has 0 radical (unpaired) electrons. The first-order chi connectivity index (χ1) is 4.57. The smallest absolute Gasteiger partial charge is 0.320 e. The molecular formula is C7H18N2O2. The van der Waals surface area contributed by atoms with Crippen molar-refractivity contribution in [2.45, 2.75) is 26.3 Å². The quantitative estimate of drug-likeness (QED) is 0.572. The lowest BCUT2D eigenvalue weighted by molar-refractivity contribution is -0.139. The first-order valence-corrected chi connectivity index (χ1v) is 3.48. The highest BCUT2D eigenvalue weighted by Crippen LogP contribution is 2.03. The summed E-state index contributed by atoms with van der Waals surface area (Å²) in [6.45, 7) is 4.01. The highest BCUT2D eigenvalue weighted by Gasteiger charge is 2.15. The van der Waals surface area contributed by atoms with E-state index in [0.717, 1.165) is 0 Å². The van der Waals surface area contributed by atoms with Crippen molar-refractivity contribution in [3.63, 3.8) is 0 Å². The third-order valence-corrected chi connectivity index (χ3v) is 1.35. The summed E-state index contributed by atoms with van der Waals surface area (Å²) in [6.07, 6.45) is 0.686. The molecule has 0 aliphatic rings. The Morgan fingerprint density at radius 1 is 1.55 bits per heavy atom. The molecular weight excluding hydrogens is 144 g/mol. The number of likely N-dealkylation sites (N-methyl/N-ethyl adjacent to an activating group) is 1. The van der Waals surface area contributed by atoms with Crippen molar-refractivity contribution >= 4 is 5.97 Å². The van der Waals surface area contributed by atoms with E-state index >= 15 is 0 Å². The molecule has 0 unspecified atom stereocenters. The van der Waals surface area contributed by atoms with Crippen molar-refractivity contribution in [3.05, 3.63) is 0 Å². The van der Waals surface area contributed by atoms with E-state index in [9.17, 15) is 4.79 Å². The molecule has 0 heterocycles. The standard InChI is InChI=1S/C7H15NO2.H3N/c1-5(2)4-6(8-3)7(9)10;/h5-6,8H,4H2,1-3H3,(H,9,10);1H3/t6-;/m0./s1. The van der Waals surface area contributed by atoms with E-state index in [1.54, 1.807) is 7.05 Å². The van der Waals surface area contributed by atoms with Crippen LogP contribution in [0.15, 0.2) is 0 Å². The first kappa shape index (κ1) is 13.0. The summed E-state index contributed by atoms with van der Waals surface area (Å²) < 4.78 is 0. The Morgan fingerprint density at radius 3 is 2.09 bits per heavy atom. The molecule has 11 heavy (non-hydrogen) atoms. The molecule has 0 aliphatic heterocycles. The molecule has 0 aromatic heterocycles. The van der Waals surface area contributed by atoms with Gasteiger partial charge >= 0.3 is 5.97 Å². The Morgan fingerprint density at radius 2 is 2.00 bits per heavy atom. The van der Waals surface area contributed by atoms with Gasteiger partial charge in [0.05, 0.1) is 0 Å². The molecule has 0 aliphatic carbocycles. The average molecular weight is 162 g/mol. The van der Waals surface area contributed by atoms with Crippen molar-refractivity contribution in [1.29, 1.82) is 0 Å². The predicted octanol–water partition coefficient (Wildman–Crippen LogP) is 0.867. The van der Waals surface area contributed by atoms with Crippen LogP contribution in [0, 0.1) is 5.92 Å². The number of rotatable bonds is 4. The van der Waals surface area contributed by atoms with Crippen LogP contribution in [0.3, 0.4) is 0 Å². The van der Waals surface area contributed by atoms with Gasteiger partial charge < -0.3 is 16.6 Å². The zero-order valence-corrected chi connectivity index (χ0v) is 7.42. The molecule has 0 saturated heterocycles. The van der Waals surface area contributed by atoms with Gasteiger partial charge in [-0.25, -0.2) is 0 Å². The van der Waals surface area contributed by atoms with Crippen LogP contribution in [-0.4, -0.2) is 24.2 Å². The molecule has 0 aromatic rings. The molecule has 0 fully saturated rings. The van der Waals surface area contributed by atoms with Crippen LogP contribution in [0.4, 0.5) is 0 Å². The number of carbonyl (C=O) groups is 1. The van der Waals surface area contributed by atoms with Gasteiger partial charge in [0.2, 0.25) is 0 Å². The second kappa shape index (κ2) is 6.12. The lowest BCUT2D eigenvalue weighted by Crippen LogP contribution is -2.34. The van der Waals surface area contributed by atoms with E-state index in [1.165, 1.54) is 0 Å². The lowest BCUT2D eigenvalue weighted by Gasteiger charge is -2.12. The normalized spacial score (nSPS) is 12.4. The topological polar surface area (TPSA) is 84.3 Å². The molecule has 0 rings (SSSR count). The van der Waals surface area contributed by atoms with E-state index in [-0.39, 0.29) is 12.2 Å². The largest absolute Gasteiger partial charge is 0.480 e. The molecule has 1 atom stereocenters. The van der Waals surface area contributed by atoms with Crippen molar-refractivity contribution < 1.29 is 9.90 Å². The maximum Gasteiger partial charge on any atom is 0.320 e. The second-order valence-electron chi connectivity index (χ2n) is 2.81. The summed E-state index contributed by atoms with van der Waals surface area (Å²) in [7, 11) is 1.67. The third kappa shape index (κ3) is 5.82. The van der Waals surface area contributed by atoms with Crippen LogP contribution in [0.25, 0.3) is 0 Å². The van der Waals surface area contributed by atoms with E-state index < -0.39 is 5.97 Å². The Hall–Kier alpha value is -0.610. The van der Waals surface area contributed by atoms with Crippen molar-refractivity contribution in [1.82, 2.24) is 11.5 Å². The Balaban J connectivity index is 0. The molecule has 4 nitrogen and oxygen atoms in total. The number of carboxylic acid groups (broad SMARTS) is 1. The first-order valence-electron chi connectivity index (χ1n) is 3.48. The maximum atomic E-state index is 10.4. The van der Waals surface area contributed by atoms with Crippen LogP contribution in [-0.2, 0) is 4.79 Å². The fourth-order valence-corrected chi connectivity index (χ4v) is 0.814. The van der Waals surface area contributed by atoms with Crippen LogP contribution < -0.4 is 11.5 Å². The van der Waals surface area contributed by atoms with Crippen molar-refractivity contribution in [3.8, 4) is 0 Å². The van der Waals surface area contributed by atoms with Gasteiger partial charge in [-0.1, -0.05) is 13.8 Å². The zero-order valence-electron chi connectivity index (χ0n) is 7.42. The molecule has 0 spiro atoms. The monoisotopic (exact) mass is 162 g/mol. The van der Waals surface area contributed by atoms with E-state index in [1.807, 2.05) is 13.8 Å². The van der Waals surface area contributed by atoms with Gasteiger partial charge in [0.15, 0.2) is 0 Å². The lowest BCUT2D eigenvalue weighted by atomic mass is 10.0. The SMILES string of the molecule is CN[C@@H](CC(C)C)C(=O)O.N. The molecule has 0 amide bonds. The minimum Gasteiger partial charge on any atom is -0.480 e. The van der Waals surface area contributed by atoms with Gasteiger partial charge in [0.1, 0.15) is 6.04 Å². The van der Waals surface area contributed by atoms with Gasteiger partial charge in [-0.05, 0) is 19.4 Å². The highest BCUT2D eigenvalue weighted by atomic mass is 16.4. The Labute approximate surface area is 67.6 Å². The summed E-state index contributed by atoms with van der Waals surface area (Å²) in [4.78, 5) is 10.4. The minimum atomic E-state index is -0.767. The number of hydrogen-bond acceptors (Lipinski definition) is 3. The summed E-state index contributed by atoms with van der Waals surface area (Å²) in [6, 6.07) is -0.389. The fraction of sp³-hybridized carbons (Fsp3) is 0.857. The van der Waals surface area contributed by atoms with E-state index in [4.69, 9.17) is 5.11 Å². The number of aliphatic carboxylic acids is 1. The summed E-state index contributed by atoms with van der Waals surface area (Å²) >= 11 is 0. The van der Waals surface area contributed by atoms with Crippen molar-refractivity contribution in [2.75, 3.05) is 7.05 Å². The van der Waals surface area contributed by atoms with Gasteiger partial charge in [0, 0.05) is 0 Å². The number of nitrogens with one attached hydrogen (secondary N) is 1. The molecule has 0 aromatic carbocycles. The number of hydrogen-bond donors (Lipinski definition) is 3. The molecule has 4 heteroatoms. The second-order valence-corrected chi connectivity index (χ2v) is 2.81. The third-order valence-electron chi connectivity index (χ3n) is 1.35. The van der Waals surface area contributed by atoms with Crippen LogP contribution >= 0.6 is 0 Å². The summed E-state index contributed by atoms with van der Waals surface area (Å²) in [5.41, 5.74) is 0. The Kier molecular flexibility index (Phi) is 7.24. The average Bonchev–Trinajstić information content (AvgIpc) is 1.81. The van der Waals surface area contributed by atoms with Crippen LogP contribution in [0.1, 0.15) is 20.3 Å². The van der Waals surface area contributed by atoms with Gasteiger partial charge in [-0.15, -0.1) is 0 Å².